The highest BCUT2D eigenvalue weighted by Gasteiger charge is 2.38. The molecule has 0 radical (unpaired) electrons. The van der Waals surface area contributed by atoms with E-state index in [1.165, 1.54) is 12.1 Å². The number of hydrogen-bond donors (Lipinski definition) is 0. The zero-order valence-corrected chi connectivity index (χ0v) is 19.8. The molecule has 1 fully saturated rings. The van der Waals surface area contributed by atoms with Crippen molar-refractivity contribution >= 4 is 22.6 Å². The maximum absolute atomic E-state index is 14.9. The molecule has 0 saturated carbocycles. The number of ether oxygens (including phenoxy) is 1. The molecule has 188 valence electrons. The highest BCUT2D eigenvalue weighted by molar-refractivity contribution is 6.30. The first kappa shape index (κ1) is 24.3. The Hall–Kier alpha value is -3.38. The Morgan fingerprint density at radius 2 is 1.92 bits per heavy atom. The Morgan fingerprint density at radius 3 is 2.58 bits per heavy atom. The van der Waals surface area contributed by atoms with Crippen molar-refractivity contribution < 1.29 is 22.3 Å². The van der Waals surface area contributed by atoms with Crippen LogP contribution in [-0.4, -0.2) is 35.9 Å². The van der Waals surface area contributed by atoms with Crippen LogP contribution in [0.15, 0.2) is 35.4 Å². The summed E-state index contributed by atoms with van der Waals surface area (Å²) < 4.78 is 63.7. The lowest BCUT2D eigenvalue weighted by Crippen LogP contribution is -2.29. The predicted molar refractivity (Wildman–Crippen MR) is 122 cm³/mol. The van der Waals surface area contributed by atoms with Crippen molar-refractivity contribution in [3.8, 4) is 11.3 Å². The maximum Gasteiger partial charge on any atom is 0.449 e. The molecule has 0 unspecified atom stereocenters. The lowest BCUT2D eigenvalue weighted by molar-refractivity contribution is -0.147. The van der Waals surface area contributed by atoms with Crippen LogP contribution in [0.1, 0.15) is 42.1 Å². The maximum atomic E-state index is 14.9. The number of halogens is 5. The molecule has 0 aliphatic carbocycles. The number of hydrogen-bond acceptors (Lipinski definition) is 6. The Labute approximate surface area is 206 Å². The Bertz CT molecular complexity index is 1530. The van der Waals surface area contributed by atoms with Gasteiger partial charge in [-0.2, -0.15) is 18.3 Å². The van der Waals surface area contributed by atoms with Crippen molar-refractivity contribution in [2.24, 2.45) is 14.1 Å². The molecule has 13 heteroatoms. The third-order valence-electron chi connectivity index (χ3n) is 6.13. The third kappa shape index (κ3) is 4.35. The molecule has 0 amide bonds. The van der Waals surface area contributed by atoms with E-state index in [2.05, 4.69) is 20.1 Å². The molecule has 0 bridgehead atoms. The molecule has 4 heterocycles. The monoisotopic (exact) mass is 522 g/mol. The molecule has 0 spiro atoms. The van der Waals surface area contributed by atoms with Gasteiger partial charge in [-0.05, 0) is 31.0 Å². The minimum Gasteiger partial charge on any atom is -0.373 e. The van der Waals surface area contributed by atoms with E-state index in [1.54, 1.807) is 17.9 Å². The summed E-state index contributed by atoms with van der Waals surface area (Å²) >= 11 is 5.87. The first-order valence-corrected chi connectivity index (χ1v) is 11.3. The fourth-order valence-electron chi connectivity index (χ4n) is 4.34. The number of nitrogens with zero attached hydrogens (tertiary/aromatic N) is 6. The first-order valence-electron chi connectivity index (χ1n) is 10.9. The van der Waals surface area contributed by atoms with Crippen molar-refractivity contribution in [2.75, 3.05) is 6.61 Å². The number of rotatable bonds is 3. The average molecular weight is 523 g/mol. The number of fused-ring (bicyclic) bond motifs is 1. The van der Waals surface area contributed by atoms with Gasteiger partial charge in [0.25, 0.3) is 5.56 Å². The number of benzene rings is 1. The highest BCUT2D eigenvalue weighted by Crippen LogP contribution is 2.38. The lowest BCUT2D eigenvalue weighted by Gasteiger charge is -2.28. The number of aryl methyl sites for hydroxylation is 1. The lowest BCUT2D eigenvalue weighted by atomic mass is 9.92. The summed E-state index contributed by atoms with van der Waals surface area (Å²) in [7, 11) is 2.75. The van der Waals surface area contributed by atoms with Crippen LogP contribution in [0.4, 0.5) is 17.6 Å². The molecule has 5 rings (SSSR count). The molecule has 8 nitrogen and oxygen atoms in total. The van der Waals surface area contributed by atoms with Gasteiger partial charge in [0, 0.05) is 49.0 Å². The smallest absolute Gasteiger partial charge is 0.373 e. The topological polar surface area (TPSA) is 87.7 Å². The van der Waals surface area contributed by atoms with Crippen molar-refractivity contribution in [2.45, 2.75) is 31.0 Å². The quantitative estimate of drug-likeness (QED) is 0.366. The molecule has 36 heavy (non-hydrogen) atoms. The van der Waals surface area contributed by atoms with Gasteiger partial charge in [-0.15, -0.1) is 0 Å². The van der Waals surface area contributed by atoms with Gasteiger partial charge in [-0.1, -0.05) is 11.6 Å². The van der Waals surface area contributed by atoms with E-state index in [9.17, 15) is 22.4 Å². The second-order valence-corrected chi connectivity index (χ2v) is 9.01. The number of alkyl halides is 3. The third-order valence-corrected chi connectivity index (χ3v) is 6.36. The Kier molecular flexibility index (Phi) is 6.03. The van der Waals surface area contributed by atoms with Gasteiger partial charge >= 0.3 is 6.18 Å². The summed E-state index contributed by atoms with van der Waals surface area (Å²) in [4.78, 5) is 25.5. The van der Waals surface area contributed by atoms with Gasteiger partial charge in [0.05, 0.1) is 12.3 Å². The van der Waals surface area contributed by atoms with E-state index in [4.69, 9.17) is 16.3 Å². The minimum absolute atomic E-state index is 0.0958. The van der Waals surface area contributed by atoms with E-state index in [0.29, 0.717) is 24.0 Å². The molecule has 4 aromatic rings. The normalized spacial score (nSPS) is 18.6. The standard InChI is InChI=1S/C23H19ClF4N6O2/c1-33-10-12(9-29-33)16-7-11(5-6-36-16)20-30-17(14-4-3-13(24)8-15(14)25)18-19(31-20)21(35)34(2)22(32-18)23(26,27)28/h3-4,8-11,16H,5-7H2,1-2H3/t11-,16+/m0/s1. The van der Waals surface area contributed by atoms with Gasteiger partial charge in [-0.25, -0.2) is 19.3 Å². The molecule has 1 aliphatic rings. The van der Waals surface area contributed by atoms with E-state index in [0.717, 1.165) is 18.7 Å². The van der Waals surface area contributed by atoms with Crippen LogP contribution in [0, 0.1) is 5.82 Å². The molecular formula is C23H19ClF4N6O2. The van der Waals surface area contributed by atoms with Crippen LogP contribution in [0.3, 0.4) is 0 Å². The second-order valence-electron chi connectivity index (χ2n) is 8.58. The van der Waals surface area contributed by atoms with Crippen LogP contribution in [0.5, 0.6) is 0 Å². The van der Waals surface area contributed by atoms with Gasteiger partial charge in [-0.3, -0.25) is 14.0 Å². The van der Waals surface area contributed by atoms with Crippen LogP contribution in [0.25, 0.3) is 22.3 Å². The van der Waals surface area contributed by atoms with E-state index < -0.39 is 28.9 Å². The second kappa shape index (κ2) is 8.93. The average Bonchev–Trinajstić information content (AvgIpc) is 3.26. The fourth-order valence-corrected chi connectivity index (χ4v) is 4.50. The van der Waals surface area contributed by atoms with E-state index in [-0.39, 0.29) is 39.6 Å². The van der Waals surface area contributed by atoms with E-state index >= 15 is 0 Å². The van der Waals surface area contributed by atoms with Crippen LogP contribution >= 0.6 is 11.6 Å². The van der Waals surface area contributed by atoms with Crippen LogP contribution in [0.2, 0.25) is 5.02 Å². The highest BCUT2D eigenvalue weighted by atomic mass is 35.5. The zero-order valence-electron chi connectivity index (χ0n) is 19.1. The summed E-state index contributed by atoms with van der Waals surface area (Å²) in [6.45, 7) is 0.361. The van der Waals surface area contributed by atoms with Crippen molar-refractivity contribution in [1.29, 1.82) is 0 Å². The summed E-state index contributed by atoms with van der Waals surface area (Å²) in [6.07, 6.45) is -0.801. The molecule has 1 aliphatic heterocycles. The van der Waals surface area contributed by atoms with Crippen LogP contribution < -0.4 is 5.56 Å². The molecular weight excluding hydrogens is 504 g/mol. The zero-order chi connectivity index (χ0) is 25.8. The Balaban J connectivity index is 1.71. The summed E-state index contributed by atoms with van der Waals surface area (Å²) in [5.41, 5.74) is -1.29. The number of aromatic nitrogens is 6. The van der Waals surface area contributed by atoms with Gasteiger partial charge in [0.15, 0.2) is 5.52 Å². The predicted octanol–water partition coefficient (Wildman–Crippen LogP) is 4.57. The summed E-state index contributed by atoms with van der Waals surface area (Å²) in [5.74, 6) is -2.36. The van der Waals surface area contributed by atoms with E-state index in [1.807, 2.05) is 6.20 Å². The van der Waals surface area contributed by atoms with Crippen molar-refractivity contribution in [3.05, 3.63) is 69.0 Å². The largest absolute Gasteiger partial charge is 0.449 e. The Morgan fingerprint density at radius 1 is 1.14 bits per heavy atom. The molecule has 1 saturated heterocycles. The van der Waals surface area contributed by atoms with Crippen molar-refractivity contribution in [1.82, 2.24) is 29.3 Å². The van der Waals surface area contributed by atoms with Gasteiger partial charge < -0.3 is 4.74 Å². The molecule has 0 N–H and O–H groups in total. The first-order chi connectivity index (χ1) is 17.0. The van der Waals surface area contributed by atoms with Gasteiger partial charge in [0.1, 0.15) is 22.9 Å². The fraction of sp³-hybridized carbons (Fsp3) is 0.348. The van der Waals surface area contributed by atoms with Crippen LogP contribution in [-0.2, 0) is 25.0 Å². The SMILES string of the molecule is Cn1cc([C@H]2C[C@@H](c3nc(-c4ccc(Cl)cc4F)c4nc(C(F)(F)F)n(C)c(=O)c4n3)CCO2)cn1. The minimum atomic E-state index is -4.92. The van der Waals surface area contributed by atoms with Crippen molar-refractivity contribution in [3.63, 3.8) is 0 Å². The summed E-state index contributed by atoms with van der Waals surface area (Å²) in [5, 5.41) is 4.25. The van der Waals surface area contributed by atoms with Gasteiger partial charge in [0.2, 0.25) is 5.82 Å². The molecule has 2 atom stereocenters. The molecule has 3 aromatic heterocycles. The molecule has 1 aromatic carbocycles. The summed E-state index contributed by atoms with van der Waals surface area (Å²) in [6, 6.07) is 3.69.